The second-order valence-corrected chi connectivity index (χ2v) is 3.81. The minimum atomic E-state index is -0.505. The number of hydrogen-bond donors (Lipinski definition) is 1. The molecule has 2 aromatic rings. The summed E-state index contributed by atoms with van der Waals surface area (Å²) in [5, 5.41) is 13.1. The van der Waals surface area contributed by atoms with Crippen LogP contribution in [-0.2, 0) is 0 Å². The van der Waals surface area contributed by atoms with E-state index in [9.17, 15) is 14.9 Å². The summed E-state index contributed by atoms with van der Waals surface area (Å²) in [4.78, 5) is 25.5. The molecule has 1 heterocycles. The van der Waals surface area contributed by atoms with Gasteiger partial charge in [0.25, 0.3) is 11.6 Å². The van der Waals surface area contributed by atoms with Gasteiger partial charge in [-0.05, 0) is 12.1 Å². The van der Waals surface area contributed by atoms with E-state index in [4.69, 9.17) is 4.74 Å². The number of ether oxygens (including phenoxy) is 1. The number of non-ortho nitro benzene ring substituents is 1. The summed E-state index contributed by atoms with van der Waals surface area (Å²) in [6, 6.07) is 8.81. The molecule has 0 aliphatic carbocycles. The molecule has 22 heavy (non-hydrogen) atoms. The molecule has 0 aliphatic rings. The maximum atomic E-state index is 11.4. The summed E-state index contributed by atoms with van der Waals surface area (Å²) in [5.41, 5.74) is 0.138. The molecule has 2 rings (SSSR count). The molecule has 0 unspecified atom stereocenters. The molecule has 1 aromatic heterocycles. The number of hydrogen-bond acceptors (Lipinski definition) is 5. The number of nitro groups is 1. The molecule has 0 saturated heterocycles. The molecule has 0 fully saturated rings. The molecule has 0 bridgehead atoms. The van der Waals surface area contributed by atoms with Crippen LogP contribution in [0.2, 0.25) is 0 Å². The summed E-state index contributed by atoms with van der Waals surface area (Å²) < 4.78 is 5.48. The summed E-state index contributed by atoms with van der Waals surface area (Å²) >= 11 is 0. The second-order valence-electron chi connectivity index (χ2n) is 3.81. The zero-order valence-electron chi connectivity index (χ0n) is 12.6. The monoisotopic (exact) mass is 303 g/mol. The Morgan fingerprint density at radius 2 is 1.91 bits per heavy atom. The molecule has 0 atom stereocenters. The standard InChI is InChI=1S/C13H11N3O4.C2H6/c1-14-13(17)12-8-11(5-6-15-12)20-10-4-2-3-9(7-10)16(18)19;1-2/h2-8H,1H3,(H,14,17);1-2H3. The van der Waals surface area contributed by atoms with Crippen molar-refractivity contribution in [1.29, 1.82) is 0 Å². The molecular weight excluding hydrogens is 286 g/mol. The second kappa shape index (κ2) is 8.35. The van der Waals surface area contributed by atoms with Crippen molar-refractivity contribution in [3.8, 4) is 11.5 Å². The highest BCUT2D eigenvalue weighted by Gasteiger charge is 2.09. The van der Waals surface area contributed by atoms with Gasteiger partial charge in [0.2, 0.25) is 0 Å². The van der Waals surface area contributed by atoms with Crippen LogP contribution in [0.25, 0.3) is 0 Å². The third-order valence-corrected chi connectivity index (χ3v) is 2.46. The minimum Gasteiger partial charge on any atom is -0.457 e. The highest BCUT2D eigenvalue weighted by molar-refractivity contribution is 5.92. The van der Waals surface area contributed by atoms with Gasteiger partial charge >= 0.3 is 0 Å². The largest absolute Gasteiger partial charge is 0.457 e. The Bertz CT molecular complexity index is 659. The predicted octanol–water partition coefficient (Wildman–Crippen LogP) is 3.17. The summed E-state index contributed by atoms with van der Waals surface area (Å²) in [6.45, 7) is 4.00. The zero-order chi connectivity index (χ0) is 16.5. The first kappa shape index (κ1) is 17.1. The fraction of sp³-hybridized carbons (Fsp3) is 0.200. The lowest BCUT2D eigenvalue weighted by Crippen LogP contribution is -2.18. The van der Waals surface area contributed by atoms with E-state index >= 15 is 0 Å². The first-order chi connectivity index (χ1) is 10.6. The highest BCUT2D eigenvalue weighted by Crippen LogP contribution is 2.25. The van der Waals surface area contributed by atoms with E-state index in [-0.39, 0.29) is 17.3 Å². The molecule has 0 saturated carbocycles. The van der Waals surface area contributed by atoms with Crippen molar-refractivity contribution >= 4 is 11.6 Å². The zero-order valence-corrected chi connectivity index (χ0v) is 12.6. The van der Waals surface area contributed by atoms with Gasteiger partial charge in [0.05, 0.1) is 11.0 Å². The third kappa shape index (κ3) is 4.55. The Hall–Kier alpha value is -2.96. The summed E-state index contributed by atoms with van der Waals surface area (Å²) in [7, 11) is 1.50. The molecule has 0 spiro atoms. The molecule has 1 amide bonds. The van der Waals surface area contributed by atoms with Gasteiger partial charge in [-0.2, -0.15) is 0 Å². The van der Waals surface area contributed by atoms with Crippen molar-refractivity contribution in [2.24, 2.45) is 0 Å². The van der Waals surface area contributed by atoms with E-state index in [0.29, 0.717) is 11.5 Å². The predicted molar refractivity (Wildman–Crippen MR) is 82.1 cm³/mol. The van der Waals surface area contributed by atoms with Crippen LogP contribution in [0.3, 0.4) is 0 Å². The van der Waals surface area contributed by atoms with Gasteiger partial charge in [-0.25, -0.2) is 0 Å². The quantitative estimate of drug-likeness (QED) is 0.691. The van der Waals surface area contributed by atoms with E-state index in [1.165, 1.54) is 37.5 Å². The van der Waals surface area contributed by atoms with Crippen molar-refractivity contribution in [3.05, 3.63) is 58.4 Å². The van der Waals surface area contributed by atoms with Crippen molar-refractivity contribution in [3.63, 3.8) is 0 Å². The van der Waals surface area contributed by atoms with Crippen LogP contribution in [0.4, 0.5) is 5.69 Å². The van der Waals surface area contributed by atoms with E-state index < -0.39 is 4.92 Å². The maximum Gasteiger partial charge on any atom is 0.273 e. The lowest BCUT2D eigenvalue weighted by atomic mass is 10.3. The Kier molecular flexibility index (Phi) is 6.49. The smallest absolute Gasteiger partial charge is 0.273 e. The summed E-state index contributed by atoms with van der Waals surface area (Å²) in [6.07, 6.45) is 1.43. The van der Waals surface area contributed by atoms with Gasteiger partial charge in [0.15, 0.2) is 0 Å². The van der Waals surface area contributed by atoms with E-state index in [1.54, 1.807) is 12.1 Å². The molecule has 7 nitrogen and oxygen atoms in total. The Morgan fingerprint density at radius 3 is 2.55 bits per heavy atom. The molecule has 7 heteroatoms. The SMILES string of the molecule is CC.CNC(=O)c1cc(Oc2cccc([N+](=O)[O-])c2)ccn1. The average molecular weight is 303 g/mol. The van der Waals surface area contributed by atoms with Crippen LogP contribution in [0, 0.1) is 10.1 Å². The number of nitrogens with zero attached hydrogens (tertiary/aromatic N) is 2. The van der Waals surface area contributed by atoms with Gasteiger partial charge in [-0.3, -0.25) is 19.9 Å². The van der Waals surface area contributed by atoms with Crippen LogP contribution in [0.1, 0.15) is 24.3 Å². The van der Waals surface area contributed by atoms with Crippen molar-refractivity contribution in [1.82, 2.24) is 10.3 Å². The number of benzene rings is 1. The number of rotatable bonds is 4. The number of carbonyl (C=O) groups is 1. The normalized spacial score (nSPS) is 9.23. The van der Waals surface area contributed by atoms with Gasteiger partial charge in [0, 0.05) is 25.4 Å². The maximum absolute atomic E-state index is 11.4. The Morgan fingerprint density at radius 1 is 1.23 bits per heavy atom. The van der Waals surface area contributed by atoms with E-state index in [1.807, 2.05) is 13.8 Å². The molecule has 116 valence electrons. The van der Waals surface area contributed by atoms with Crippen LogP contribution in [-0.4, -0.2) is 22.9 Å². The summed E-state index contributed by atoms with van der Waals surface area (Å²) in [5.74, 6) is 0.349. The fourth-order valence-electron chi connectivity index (χ4n) is 1.52. The molecule has 0 radical (unpaired) electrons. The highest BCUT2D eigenvalue weighted by atomic mass is 16.6. The average Bonchev–Trinajstić information content (AvgIpc) is 2.56. The molecule has 1 aromatic carbocycles. The number of carbonyl (C=O) groups excluding carboxylic acids is 1. The number of nitrogens with one attached hydrogen (secondary N) is 1. The number of aromatic nitrogens is 1. The number of amides is 1. The molecule has 1 N–H and O–H groups in total. The Balaban J connectivity index is 0.00000116. The lowest BCUT2D eigenvalue weighted by Gasteiger charge is -2.06. The van der Waals surface area contributed by atoms with Gasteiger partial charge in [0.1, 0.15) is 17.2 Å². The lowest BCUT2D eigenvalue weighted by molar-refractivity contribution is -0.384. The fourth-order valence-corrected chi connectivity index (χ4v) is 1.52. The van der Waals surface area contributed by atoms with Crippen LogP contribution < -0.4 is 10.1 Å². The van der Waals surface area contributed by atoms with Crippen LogP contribution >= 0.6 is 0 Å². The van der Waals surface area contributed by atoms with E-state index in [2.05, 4.69) is 10.3 Å². The van der Waals surface area contributed by atoms with Crippen molar-refractivity contribution < 1.29 is 14.5 Å². The van der Waals surface area contributed by atoms with E-state index in [0.717, 1.165) is 0 Å². The topological polar surface area (TPSA) is 94.4 Å². The van der Waals surface area contributed by atoms with Crippen LogP contribution in [0.15, 0.2) is 42.6 Å². The number of pyridine rings is 1. The molecular formula is C15H17N3O4. The van der Waals surface area contributed by atoms with Crippen LogP contribution in [0.5, 0.6) is 11.5 Å². The van der Waals surface area contributed by atoms with Crippen molar-refractivity contribution in [2.45, 2.75) is 13.8 Å². The van der Waals surface area contributed by atoms with Gasteiger partial charge in [-0.15, -0.1) is 0 Å². The number of nitro benzene ring substituents is 1. The Labute approximate surface area is 128 Å². The molecule has 0 aliphatic heterocycles. The first-order valence-corrected chi connectivity index (χ1v) is 6.70. The van der Waals surface area contributed by atoms with Crippen molar-refractivity contribution in [2.75, 3.05) is 7.05 Å². The third-order valence-electron chi connectivity index (χ3n) is 2.46. The van der Waals surface area contributed by atoms with Gasteiger partial charge in [-0.1, -0.05) is 19.9 Å². The minimum absolute atomic E-state index is 0.0666. The van der Waals surface area contributed by atoms with Gasteiger partial charge < -0.3 is 10.1 Å². The first-order valence-electron chi connectivity index (χ1n) is 6.70.